The highest BCUT2D eigenvalue weighted by Crippen LogP contribution is 2.23. The van der Waals surface area contributed by atoms with Crippen LogP contribution in [0, 0.1) is 11.3 Å². The van der Waals surface area contributed by atoms with Crippen LogP contribution in [0.5, 0.6) is 11.5 Å². The molecule has 2 N–H and O–H groups in total. The summed E-state index contributed by atoms with van der Waals surface area (Å²) < 4.78 is 10.5. The summed E-state index contributed by atoms with van der Waals surface area (Å²) in [6, 6.07) is 16.6. The van der Waals surface area contributed by atoms with Crippen molar-refractivity contribution in [2.75, 3.05) is 26.1 Å². The van der Waals surface area contributed by atoms with Crippen LogP contribution in [0.15, 0.2) is 60.3 Å². The Labute approximate surface area is 153 Å². The molecule has 0 saturated carbocycles. The van der Waals surface area contributed by atoms with Gasteiger partial charge >= 0.3 is 0 Å². The molecule has 0 aliphatic heterocycles. The molecule has 2 aromatic carbocycles. The molecule has 134 valence electrons. The third-order valence-electron chi connectivity index (χ3n) is 3.70. The number of anilines is 1. The molecule has 0 spiro atoms. The molecular weight excluding hydrogens is 330 g/mol. The van der Waals surface area contributed by atoms with E-state index in [2.05, 4.69) is 10.6 Å². The molecule has 2 aromatic rings. The van der Waals surface area contributed by atoms with Crippen molar-refractivity contribution in [2.45, 2.75) is 6.42 Å². The highest BCUT2D eigenvalue weighted by molar-refractivity contribution is 6.07. The normalized spacial score (nSPS) is 10.6. The van der Waals surface area contributed by atoms with E-state index in [0.717, 1.165) is 11.3 Å². The van der Waals surface area contributed by atoms with Crippen molar-refractivity contribution < 1.29 is 14.3 Å². The standard InChI is InChI=1S/C20H21N3O3/c1-25-18-9-5-3-7-15(18)11-12-22-14-16(13-21)20(24)23-17-8-4-6-10-19(17)26-2/h3-10,14,22H,11-12H2,1-2H3,(H,23,24)/b16-14-. The van der Waals surface area contributed by atoms with E-state index in [-0.39, 0.29) is 5.57 Å². The number of nitrogens with zero attached hydrogens (tertiary/aromatic N) is 1. The lowest BCUT2D eigenvalue weighted by Crippen LogP contribution is -2.18. The molecule has 0 aliphatic carbocycles. The molecule has 0 saturated heterocycles. The first-order chi connectivity index (χ1) is 12.7. The van der Waals surface area contributed by atoms with E-state index < -0.39 is 5.91 Å². The number of methoxy groups -OCH3 is 2. The van der Waals surface area contributed by atoms with Crippen LogP contribution in [0.3, 0.4) is 0 Å². The minimum atomic E-state index is -0.498. The molecule has 0 fully saturated rings. The summed E-state index contributed by atoms with van der Waals surface area (Å²) in [5, 5.41) is 14.9. The Kier molecular flexibility index (Phi) is 7.07. The monoisotopic (exact) mass is 351 g/mol. The van der Waals surface area contributed by atoms with Gasteiger partial charge in [0.05, 0.1) is 19.9 Å². The number of amides is 1. The molecule has 0 heterocycles. The van der Waals surface area contributed by atoms with Gasteiger partial charge in [0, 0.05) is 12.7 Å². The summed E-state index contributed by atoms with van der Waals surface area (Å²) in [6.45, 7) is 0.563. The number of para-hydroxylation sites is 3. The number of carbonyl (C=O) groups excluding carboxylic acids is 1. The topological polar surface area (TPSA) is 83.4 Å². The minimum absolute atomic E-state index is 0.0177. The van der Waals surface area contributed by atoms with Crippen LogP contribution in [0.25, 0.3) is 0 Å². The molecule has 0 radical (unpaired) electrons. The number of carbonyl (C=O) groups is 1. The van der Waals surface area contributed by atoms with Crippen LogP contribution in [0.4, 0.5) is 5.69 Å². The first-order valence-electron chi connectivity index (χ1n) is 8.09. The van der Waals surface area contributed by atoms with E-state index in [1.165, 1.54) is 13.3 Å². The Morgan fingerprint density at radius 2 is 1.73 bits per heavy atom. The Hall–Kier alpha value is -3.46. The summed E-state index contributed by atoms with van der Waals surface area (Å²) in [5.74, 6) is 0.844. The zero-order chi connectivity index (χ0) is 18.8. The van der Waals surface area contributed by atoms with E-state index in [1.807, 2.05) is 30.3 Å². The summed E-state index contributed by atoms with van der Waals surface area (Å²) in [4.78, 5) is 12.3. The molecule has 0 atom stereocenters. The zero-order valence-corrected chi connectivity index (χ0v) is 14.8. The maximum Gasteiger partial charge on any atom is 0.267 e. The number of nitriles is 1. The van der Waals surface area contributed by atoms with Crippen molar-refractivity contribution >= 4 is 11.6 Å². The van der Waals surface area contributed by atoms with Crippen molar-refractivity contribution in [1.82, 2.24) is 5.32 Å². The largest absolute Gasteiger partial charge is 0.496 e. The Morgan fingerprint density at radius 3 is 2.42 bits per heavy atom. The van der Waals surface area contributed by atoms with Gasteiger partial charge in [0.25, 0.3) is 5.91 Å². The second kappa shape index (κ2) is 9.74. The average Bonchev–Trinajstić information content (AvgIpc) is 2.68. The van der Waals surface area contributed by atoms with Gasteiger partial charge in [0.1, 0.15) is 23.1 Å². The number of nitrogens with one attached hydrogen (secondary N) is 2. The van der Waals surface area contributed by atoms with Crippen LogP contribution in [-0.4, -0.2) is 26.7 Å². The highest BCUT2D eigenvalue weighted by Gasteiger charge is 2.11. The van der Waals surface area contributed by atoms with E-state index in [0.29, 0.717) is 24.4 Å². The lowest BCUT2D eigenvalue weighted by molar-refractivity contribution is -0.112. The number of ether oxygens (including phenoxy) is 2. The average molecular weight is 351 g/mol. The maximum atomic E-state index is 12.3. The lowest BCUT2D eigenvalue weighted by Gasteiger charge is -2.10. The zero-order valence-electron chi connectivity index (χ0n) is 14.8. The molecule has 6 nitrogen and oxygen atoms in total. The quantitative estimate of drug-likeness (QED) is 0.434. The Balaban J connectivity index is 1.95. The van der Waals surface area contributed by atoms with Gasteiger partial charge in [-0.2, -0.15) is 5.26 Å². The van der Waals surface area contributed by atoms with Crippen LogP contribution >= 0.6 is 0 Å². The summed E-state index contributed by atoms with van der Waals surface area (Å²) in [6.07, 6.45) is 2.12. The van der Waals surface area contributed by atoms with E-state index in [4.69, 9.17) is 9.47 Å². The van der Waals surface area contributed by atoms with Gasteiger partial charge in [0.15, 0.2) is 0 Å². The predicted molar refractivity (Wildman–Crippen MR) is 100 cm³/mol. The molecule has 26 heavy (non-hydrogen) atoms. The van der Waals surface area contributed by atoms with Crippen LogP contribution < -0.4 is 20.1 Å². The summed E-state index contributed by atoms with van der Waals surface area (Å²) in [7, 11) is 3.15. The Morgan fingerprint density at radius 1 is 1.08 bits per heavy atom. The molecule has 6 heteroatoms. The molecule has 2 rings (SSSR count). The summed E-state index contributed by atoms with van der Waals surface area (Å²) in [5.41, 5.74) is 1.54. The lowest BCUT2D eigenvalue weighted by atomic mass is 10.1. The first-order valence-corrected chi connectivity index (χ1v) is 8.09. The third kappa shape index (κ3) is 5.02. The Bertz CT molecular complexity index is 825. The van der Waals surface area contributed by atoms with Gasteiger partial charge in [-0.05, 0) is 30.2 Å². The van der Waals surface area contributed by atoms with Crippen LogP contribution in [0.2, 0.25) is 0 Å². The number of rotatable bonds is 8. The van der Waals surface area contributed by atoms with Crippen LogP contribution in [-0.2, 0) is 11.2 Å². The third-order valence-corrected chi connectivity index (χ3v) is 3.70. The number of benzene rings is 2. The highest BCUT2D eigenvalue weighted by atomic mass is 16.5. The van der Waals surface area contributed by atoms with Crippen molar-refractivity contribution in [3.63, 3.8) is 0 Å². The number of hydrogen-bond donors (Lipinski definition) is 2. The van der Waals surface area contributed by atoms with Crippen molar-refractivity contribution in [3.05, 3.63) is 65.9 Å². The molecule has 0 unspecified atom stereocenters. The van der Waals surface area contributed by atoms with Crippen LogP contribution in [0.1, 0.15) is 5.56 Å². The van der Waals surface area contributed by atoms with E-state index in [9.17, 15) is 10.1 Å². The van der Waals surface area contributed by atoms with Gasteiger partial charge in [-0.1, -0.05) is 30.3 Å². The molecule has 0 bridgehead atoms. The predicted octanol–water partition coefficient (Wildman–Crippen LogP) is 2.88. The van der Waals surface area contributed by atoms with Gasteiger partial charge in [-0.25, -0.2) is 0 Å². The molecule has 1 amide bonds. The second-order valence-corrected chi connectivity index (χ2v) is 5.34. The van der Waals surface area contributed by atoms with Gasteiger partial charge in [-0.15, -0.1) is 0 Å². The molecule has 0 aromatic heterocycles. The minimum Gasteiger partial charge on any atom is -0.496 e. The van der Waals surface area contributed by atoms with Crippen molar-refractivity contribution in [3.8, 4) is 17.6 Å². The maximum absolute atomic E-state index is 12.3. The van der Waals surface area contributed by atoms with Gasteiger partial charge in [0.2, 0.25) is 0 Å². The fourth-order valence-corrected chi connectivity index (χ4v) is 2.38. The fraction of sp³-hybridized carbons (Fsp3) is 0.200. The first kappa shape index (κ1) is 18.9. The van der Waals surface area contributed by atoms with E-state index >= 15 is 0 Å². The fourth-order valence-electron chi connectivity index (χ4n) is 2.38. The number of hydrogen-bond acceptors (Lipinski definition) is 5. The van der Waals surface area contributed by atoms with E-state index in [1.54, 1.807) is 31.4 Å². The van der Waals surface area contributed by atoms with Crippen molar-refractivity contribution in [1.29, 1.82) is 5.26 Å². The van der Waals surface area contributed by atoms with Gasteiger partial charge < -0.3 is 20.1 Å². The molecular formula is C20H21N3O3. The smallest absolute Gasteiger partial charge is 0.267 e. The molecule has 0 aliphatic rings. The summed E-state index contributed by atoms with van der Waals surface area (Å²) >= 11 is 0. The van der Waals surface area contributed by atoms with Gasteiger partial charge in [-0.3, -0.25) is 4.79 Å². The SMILES string of the molecule is COc1ccccc1CCN/C=C(/C#N)C(=O)Nc1ccccc1OC. The second-order valence-electron chi connectivity index (χ2n) is 5.34. The van der Waals surface area contributed by atoms with Crippen molar-refractivity contribution in [2.24, 2.45) is 0 Å².